The van der Waals surface area contributed by atoms with Crippen LogP contribution in [0.5, 0.6) is 5.75 Å². The second-order valence-electron chi connectivity index (χ2n) is 6.26. The Bertz CT molecular complexity index is 926. The molecule has 8 heteroatoms. The Kier molecular flexibility index (Phi) is 6.54. The highest BCUT2D eigenvalue weighted by molar-refractivity contribution is 6.34. The molecule has 1 saturated carbocycles. The average molecular weight is 419 g/mol. The fraction of sp³-hybridized carbons (Fsp3) is 0.250. The van der Waals surface area contributed by atoms with Crippen LogP contribution in [0.15, 0.2) is 53.2 Å². The van der Waals surface area contributed by atoms with E-state index in [1.54, 1.807) is 13.2 Å². The number of benzene rings is 1. The molecule has 1 aromatic carbocycles. The van der Waals surface area contributed by atoms with Crippen LogP contribution in [-0.4, -0.2) is 29.8 Å². The second kappa shape index (κ2) is 9.08. The van der Waals surface area contributed by atoms with Crippen LogP contribution in [0.25, 0.3) is 0 Å². The van der Waals surface area contributed by atoms with Gasteiger partial charge in [0.2, 0.25) is 0 Å². The normalized spacial score (nSPS) is 19.6. The van der Waals surface area contributed by atoms with E-state index in [4.69, 9.17) is 38.7 Å². The maximum Gasteiger partial charge on any atom is 0.271 e. The van der Waals surface area contributed by atoms with Gasteiger partial charge in [0, 0.05) is 17.5 Å². The maximum absolute atomic E-state index is 12.6. The topological polar surface area (TPSA) is 89.6 Å². The highest BCUT2D eigenvalue weighted by Crippen LogP contribution is 2.26. The van der Waals surface area contributed by atoms with E-state index in [9.17, 15) is 4.79 Å². The summed E-state index contributed by atoms with van der Waals surface area (Å²) in [5, 5.41) is 3.39. The fourth-order valence-corrected chi connectivity index (χ4v) is 3.41. The maximum atomic E-state index is 12.6. The predicted octanol–water partition coefficient (Wildman–Crippen LogP) is 4.29. The van der Waals surface area contributed by atoms with Crippen molar-refractivity contribution in [3.05, 3.63) is 64.0 Å². The lowest BCUT2D eigenvalue weighted by Crippen LogP contribution is -2.41. The van der Waals surface area contributed by atoms with E-state index in [1.807, 2.05) is 24.3 Å². The molecule has 3 N–H and O–H groups in total. The zero-order valence-electron chi connectivity index (χ0n) is 15.3. The van der Waals surface area contributed by atoms with Crippen molar-refractivity contribution in [2.24, 2.45) is 10.7 Å². The predicted molar refractivity (Wildman–Crippen MR) is 112 cm³/mol. The summed E-state index contributed by atoms with van der Waals surface area (Å²) in [6, 6.07) is 10.2. The highest BCUT2D eigenvalue weighted by atomic mass is 35.5. The number of nitrogens with one attached hydrogen (secondary N) is 1. The van der Waals surface area contributed by atoms with Crippen molar-refractivity contribution in [2.45, 2.75) is 25.3 Å². The molecule has 0 bridgehead atoms. The van der Waals surface area contributed by atoms with E-state index in [2.05, 4.69) is 10.3 Å². The number of methoxy groups -OCH3 is 1. The molecule has 3 rings (SSSR count). The third-order valence-corrected chi connectivity index (χ3v) is 4.98. The molecule has 0 radical (unpaired) electrons. The van der Waals surface area contributed by atoms with Crippen LogP contribution in [0.4, 0.5) is 5.69 Å². The number of nitrogens with zero attached hydrogens (tertiary/aromatic N) is 2. The van der Waals surface area contributed by atoms with E-state index in [-0.39, 0.29) is 21.9 Å². The molecule has 1 aliphatic rings. The van der Waals surface area contributed by atoms with E-state index in [0.29, 0.717) is 0 Å². The van der Waals surface area contributed by atoms with Gasteiger partial charge in [0.25, 0.3) is 5.91 Å². The van der Waals surface area contributed by atoms with Gasteiger partial charge in [0.05, 0.1) is 23.9 Å². The van der Waals surface area contributed by atoms with Gasteiger partial charge in [-0.15, -0.1) is 0 Å². The molecule has 0 aliphatic heterocycles. The number of aromatic nitrogens is 1. The first-order valence-electron chi connectivity index (χ1n) is 8.78. The van der Waals surface area contributed by atoms with Gasteiger partial charge in [-0.05, 0) is 55.7 Å². The number of aliphatic imine (C=N–C) groups is 1. The molecule has 6 nitrogen and oxygen atoms in total. The minimum Gasteiger partial charge on any atom is -0.497 e. The Morgan fingerprint density at radius 1 is 1.29 bits per heavy atom. The van der Waals surface area contributed by atoms with Crippen LogP contribution in [0.3, 0.4) is 0 Å². The van der Waals surface area contributed by atoms with E-state index in [0.717, 1.165) is 42.0 Å². The van der Waals surface area contributed by atoms with E-state index >= 15 is 0 Å². The standard InChI is InChI=1S/C20H20Cl2N4O2/c1-28-13-7-5-12(6-8-13)24-16-3-2-4-17(14(16)11-23)25-20(27)19-15(21)9-10-18(22)26-19/h5-11,17H,2-4,23H2,1H3,(H,25,27)/b14-11+,24-16?. The van der Waals surface area contributed by atoms with Crippen molar-refractivity contribution in [1.82, 2.24) is 10.3 Å². The van der Waals surface area contributed by atoms with Gasteiger partial charge in [-0.25, -0.2) is 4.98 Å². The number of pyridine rings is 1. The van der Waals surface area contributed by atoms with E-state index < -0.39 is 5.91 Å². The summed E-state index contributed by atoms with van der Waals surface area (Å²) < 4.78 is 5.17. The Balaban J connectivity index is 1.81. The van der Waals surface area contributed by atoms with Crippen molar-refractivity contribution in [1.29, 1.82) is 0 Å². The summed E-state index contributed by atoms with van der Waals surface area (Å²) in [6.45, 7) is 0. The number of hydrogen-bond acceptors (Lipinski definition) is 5. The Labute approximate surface area is 173 Å². The molecule has 2 aromatic rings. The fourth-order valence-electron chi connectivity index (χ4n) is 3.07. The summed E-state index contributed by atoms with van der Waals surface area (Å²) in [4.78, 5) is 21.4. The molecule has 1 aliphatic carbocycles. The number of ether oxygens (including phenoxy) is 1. The van der Waals surface area contributed by atoms with Crippen molar-refractivity contribution in [2.75, 3.05) is 7.11 Å². The van der Waals surface area contributed by atoms with Gasteiger partial charge in [-0.2, -0.15) is 0 Å². The first-order chi connectivity index (χ1) is 13.5. The molecule has 0 saturated heterocycles. The van der Waals surface area contributed by atoms with Crippen LogP contribution in [-0.2, 0) is 0 Å². The molecular weight excluding hydrogens is 399 g/mol. The third-order valence-electron chi connectivity index (χ3n) is 4.46. The zero-order chi connectivity index (χ0) is 20.1. The minimum absolute atomic E-state index is 0.0877. The van der Waals surface area contributed by atoms with Crippen LogP contribution in [0.1, 0.15) is 29.8 Å². The number of nitrogens with two attached hydrogens (primary N) is 1. The molecule has 1 aromatic heterocycles. The average Bonchev–Trinajstić information content (AvgIpc) is 2.70. The third kappa shape index (κ3) is 4.64. The number of carbonyl (C=O) groups excluding carboxylic acids is 1. The zero-order valence-corrected chi connectivity index (χ0v) is 16.8. The Hall–Kier alpha value is -2.57. The SMILES string of the molecule is COc1ccc(N=C2CCCC(NC(=O)c3nc(Cl)ccc3Cl)/C2=C/N)cc1. The van der Waals surface area contributed by atoms with Gasteiger partial charge >= 0.3 is 0 Å². The molecular formula is C20H20Cl2N4O2. The van der Waals surface area contributed by atoms with Gasteiger partial charge in [-0.1, -0.05) is 23.2 Å². The number of rotatable bonds is 4. The van der Waals surface area contributed by atoms with Gasteiger partial charge in [-0.3, -0.25) is 9.79 Å². The van der Waals surface area contributed by atoms with Crippen molar-refractivity contribution >= 4 is 40.5 Å². The largest absolute Gasteiger partial charge is 0.497 e. The molecule has 1 amide bonds. The smallest absolute Gasteiger partial charge is 0.271 e. The summed E-state index contributed by atoms with van der Waals surface area (Å²) >= 11 is 12.0. The summed E-state index contributed by atoms with van der Waals surface area (Å²) in [5.74, 6) is 0.362. The lowest BCUT2D eigenvalue weighted by Gasteiger charge is -2.27. The van der Waals surface area contributed by atoms with Crippen LogP contribution >= 0.6 is 23.2 Å². The quantitative estimate of drug-likeness (QED) is 0.724. The molecule has 1 atom stereocenters. The lowest BCUT2D eigenvalue weighted by molar-refractivity contribution is 0.0936. The Morgan fingerprint density at radius 3 is 2.71 bits per heavy atom. The van der Waals surface area contributed by atoms with Crippen LogP contribution < -0.4 is 15.8 Å². The summed E-state index contributed by atoms with van der Waals surface area (Å²) in [5.41, 5.74) is 8.38. The van der Waals surface area contributed by atoms with E-state index in [1.165, 1.54) is 12.3 Å². The molecule has 28 heavy (non-hydrogen) atoms. The number of hydrogen-bond donors (Lipinski definition) is 2. The summed E-state index contributed by atoms with van der Waals surface area (Å²) in [7, 11) is 1.62. The minimum atomic E-state index is -0.400. The molecule has 1 fully saturated rings. The monoisotopic (exact) mass is 418 g/mol. The lowest BCUT2D eigenvalue weighted by atomic mass is 9.88. The first kappa shape index (κ1) is 20.2. The number of carbonyl (C=O) groups is 1. The Morgan fingerprint density at radius 2 is 2.04 bits per heavy atom. The molecule has 146 valence electrons. The highest BCUT2D eigenvalue weighted by Gasteiger charge is 2.27. The summed E-state index contributed by atoms with van der Waals surface area (Å²) in [6.07, 6.45) is 3.89. The first-order valence-corrected chi connectivity index (χ1v) is 9.54. The molecule has 1 heterocycles. The number of halogens is 2. The molecule has 1 unspecified atom stereocenters. The van der Waals surface area contributed by atoms with Crippen LogP contribution in [0.2, 0.25) is 10.2 Å². The second-order valence-corrected chi connectivity index (χ2v) is 7.06. The van der Waals surface area contributed by atoms with Crippen LogP contribution in [0, 0.1) is 0 Å². The van der Waals surface area contributed by atoms with Gasteiger partial charge < -0.3 is 15.8 Å². The van der Waals surface area contributed by atoms with Crippen molar-refractivity contribution in [3.8, 4) is 5.75 Å². The molecule has 0 spiro atoms. The van der Waals surface area contributed by atoms with Crippen molar-refractivity contribution in [3.63, 3.8) is 0 Å². The number of amides is 1. The van der Waals surface area contributed by atoms with Gasteiger partial charge in [0.15, 0.2) is 0 Å². The van der Waals surface area contributed by atoms with Gasteiger partial charge in [0.1, 0.15) is 16.6 Å². The van der Waals surface area contributed by atoms with Crippen molar-refractivity contribution < 1.29 is 9.53 Å².